The van der Waals surface area contributed by atoms with Crippen molar-refractivity contribution in [2.45, 2.75) is 12.6 Å². The van der Waals surface area contributed by atoms with Gasteiger partial charge in [-0.25, -0.2) is 9.78 Å². The predicted molar refractivity (Wildman–Crippen MR) is 54.0 cm³/mol. The molecule has 0 fully saturated rings. The van der Waals surface area contributed by atoms with Crippen LogP contribution >= 0.6 is 0 Å². The summed E-state index contributed by atoms with van der Waals surface area (Å²) < 4.78 is 40.2. The molecule has 19 heavy (non-hydrogen) atoms. The van der Waals surface area contributed by atoms with Gasteiger partial charge in [0.15, 0.2) is 0 Å². The Balaban J connectivity index is 2.89. The van der Waals surface area contributed by atoms with Gasteiger partial charge in [-0.3, -0.25) is 10.1 Å². The third-order valence-electron chi connectivity index (χ3n) is 1.90. The fourth-order valence-corrected chi connectivity index (χ4v) is 1.07. The van der Waals surface area contributed by atoms with Gasteiger partial charge in [-0.15, -0.1) is 0 Å². The average Bonchev–Trinajstić information content (AvgIpc) is 2.27. The van der Waals surface area contributed by atoms with Crippen LogP contribution in [0.4, 0.5) is 18.9 Å². The lowest BCUT2D eigenvalue weighted by atomic mass is 10.2. The summed E-state index contributed by atoms with van der Waals surface area (Å²) >= 11 is 0. The third kappa shape index (κ3) is 4.41. The molecule has 0 aliphatic heterocycles. The number of hydrogen-bond acceptors (Lipinski definition) is 5. The van der Waals surface area contributed by atoms with Gasteiger partial charge < -0.3 is 9.84 Å². The SMILES string of the molecule is O=C(O)c1cc([N+](=O)[O-])cnc1OCCC(F)(F)F. The van der Waals surface area contributed by atoms with Crippen LogP contribution in [0.2, 0.25) is 0 Å². The monoisotopic (exact) mass is 280 g/mol. The van der Waals surface area contributed by atoms with Crippen molar-refractivity contribution in [2.75, 3.05) is 6.61 Å². The van der Waals surface area contributed by atoms with Crippen LogP contribution in [0.1, 0.15) is 16.8 Å². The largest absolute Gasteiger partial charge is 0.477 e. The number of rotatable bonds is 5. The number of nitro groups is 1. The molecule has 0 spiro atoms. The summed E-state index contributed by atoms with van der Waals surface area (Å²) in [4.78, 5) is 23.7. The Hall–Kier alpha value is -2.39. The number of carboxylic acids is 1. The van der Waals surface area contributed by atoms with Crippen LogP contribution in [-0.2, 0) is 0 Å². The lowest BCUT2D eigenvalue weighted by Crippen LogP contribution is -2.15. The number of ether oxygens (including phenoxy) is 1. The number of pyridine rings is 1. The van der Waals surface area contributed by atoms with E-state index in [2.05, 4.69) is 9.72 Å². The molecule has 0 aliphatic carbocycles. The van der Waals surface area contributed by atoms with Crippen molar-refractivity contribution in [2.24, 2.45) is 0 Å². The Kier molecular flexibility index (Phi) is 4.25. The molecule has 104 valence electrons. The molecule has 0 saturated carbocycles. The minimum atomic E-state index is -4.45. The lowest BCUT2D eigenvalue weighted by molar-refractivity contribution is -0.385. The van der Waals surface area contributed by atoms with E-state index < -0.39 is 47.2 Å². The molecule has 0 unspecified atom stereocenters. The second-order valence-corrected chi connectivity index (χ2v) is 3.32. The van der Waals surface area contributed by atoms with Crippen molar-refractivity contribution in [1.82, 2.24) is 4.98 Å². The molecule has 1 N–H and O–H groups in total. The minimum Gasteiger partial charge on any atom is -0.477 e. The summed E-state index contributed by atoms with van der Waals surface area (Å²) in [6, 6.07) is 0.665. The van der Waals surface area contributed by atoms with Gasteiger partial charge in [-0.1, -0.05) is 0 Å². The van der Waals surface area contributed by atoms with Crippen LogP contribution in [0, 0.1) is 10.1 Å². The highest BCUT2D eigenvalue weighted by molar-refractivity contribution is 5.90. The van der Waals surface area contributed by atoms with Crippen LogP contribution in [0.3, 0.4) is 0 Å². The van der Waals surface area contributed by atoms with Crippen molar-refractivity contribution in [3.05, 3.63) is 27.9 Å². The molecule has 0 saturated heterocycles. The van der Waals surface area contributed by atoms with Gasteiger partial charge in [0.25, 0.3) is 5.69 Å². The topological polar surface area (TPSA) is 103 Å². The maximum absolute atomic E-state index is 11.9. The third-order valence-corrected chi connectivity index (χ3v) is 1.90. The summed E-state index contributed by atoms with van der Waals surface area (Å²) in [6.07, 6.45) is -5.04. The van der Waals surface area contributed by atoms with Crippen molar-refractivity contribution < 1.29 is 32.7 Å². The van der Waals surface area contributed by atoms with Crippen molar-refractivity contribution in [3.63, 3.8) is 0 Å². The van der Waals surface area contributed by atoms with Gasteiger partial charge in [0.1, 0.15) is 11.8 Å². The molecule has 1 rings (SSSR count). The molecule has 0 radical (unpaired) electrons. The smallest absolute Gasteiger partial charge is 0.392 e. The molecule has 1 aromatic heterocycles. The van der Waals surface area contributed by atoms with E-state index in [1.54, 1.807) is 0 Å². The molecule has 10 heteroatoms. The number of aromatic nitrogens is 1. The first kappa shape index (κ1) is 14.7. The Labute approximate surface area is 103 Å². The number of hydrogen-bond donors (Lipinski definition) is 1. The Morgan fingerprint density at radius 2 is 2.16 bits per heavy atom. The van der Waals surface area contributed by atoms with E-state index >= 15 is 0 Å². The molecule has 0 aromatic carbocycles. The fraction of sp³-hybridized carbons (Fsp3) is 0.333. The van der Waals surface area contributed by atoms with Crippen LogP contribution < -0.4 is 4.74 Å². The van der Waals surface area contributed by atoms with Gasteiger partial charge in [0, 0.05) is 6.07 Å². The van der Waals surface area contributed by atoms with E-state index in [-0.39, 0.29) is 0 Å². The van der Waals surface area contributed by atoms with Crippen LogP contribution in [0.15, 0.2) is 12.3 Å². The zero-order valence-electron chi connectivity index (χ0n) is 9.18. The van der Waals surface area contributed by atoms with E-state index in [9.17, 15) is 28.1 Å². The van der Waals surface area contributed by atoms with E-state index in [0.29, 0.717) is 12.3 Å². The van der Waals surface area contributed by atoms with Gasteiger partial charge in [-0.05, 0) is 0 Å². The first-order valence-corrected chi connectivity index (χ1v) is 4.78. The lowest BCUT2D eigenvalue weighted by Gasteiger charge is -2.09. The maximum atomic E-state index is 11.9. The summed E-state index contributed by atoms with van der Waals surface area (Å²) in [5.74, 6) is -2.18. The first-order chi connectivity index (χ1) is 8.70. The summed E-state index contributed by atoms with van der Waals surface area (Å²) in [6.45, 7) is -0.825. The Bertz CT molecular complexity index is 503. The normalized spacial score (nSPS) is 11.1. The van der Waals surface area contributed by atoms with Crippen molar-refractivity contribution >= 4 is 11.7 Å². The molecule has 0 amide bonds. The standard InChI is InChI=1S/C9H7F3N2O5/c10-9(11,12)1-2-19-7-6(8(15)16)3-5(4-13-7)14(17)18/h3-4H,1-2H2,(H,15,16). The highest BCUT2D eigenvalue weighted by Gasteiger charge is 2.27. The molecule has 0 bridgehead atoms. The van der Waals surface area contributed by atoms with E-state index in [0.717, 1.165) is 0 Å². The molecule has 1 aromatic rings. The second-order valence-electron chi connectivity index (χ2n) is 3.32. The highest BCUT2D eigenvalue weighted by atomic mass is 19.4. The fourth-order valence-electron chi connectivity index (χ4n) is 1.07. The molecule has 7 nitrogen and oxygen atoms in total. The number of nitrogens with zero attached hydrogens (tertiary/aromatic N) is 2. The highest BCUT2D eigenvalue weighted by Crippen LogP contribution is 2.23. The van der Waals surface area contributed by atoms with Gasteiger partial charge in [0.05, 0.1) is 18.0 Å². The quantitative estimate of drug-likeness (QED) is 0.653. The molecule has 0 atom stereocenters. The zero-order valence-corrected chi connectivity index (χ0v) is 9.18. The van der Waals surface area contributed by atoms with Gasteiger partial charge in [-0.2, -0.15) is 13.2 Å². The first-order valence-electron chi connectivity index (χ1n) is 4.78. The van der Waals surface area contributed by atoms with E-state index in [1.165, 1.54) is 0 Å². The van der Waals surface area contributed by atoms with Crippen LogP contribution in [-0.4, -0.2) is 33.8 Å². The number of carbonyl (C=O) groups is 1. The number of alkyl halides is 3. The van der Waals surface area contributed by atoms with Crippen LogP contribution in [0.5, 0.6) is 5.88 Å². The molecular formula is C9H7F3N2O5. The van der Waals surface area contributed by atoms with Gasteiger partial charge in [0.2, 0.25) is 5.88 Å². The second kappa shape index (κ2) is 5.50. The van der Waals surface area contributed by atoms with Crippen molar-refractivity contribution in [1.29, 1.82) is 0 Å². The summed E-state index contributed by atoms with van der Waals surface area (Å²) in [5.41, 5.74) is -1.27. The van der Waals surface area contributed by atoms with E-state index in [1.807, 2.05) is 0 Å². The number of halogens is 3. The number of aromatic carboxylic acids is 1. The summed E-state index contributed by atoms with van der Waals surface area (Å²) in [5, 5.41) is 19.2. The summed E-state index contributed by atoms with van der Waals surface area (Å²) in [7, 11) is 0. The maximum Gasteiger partial charge on any atom is 0.392 e. The van der Waals surface area contributed by atoms with Gasteiger partial charge >= 0.3 is 12.1 Å². The molecule has 1 heterocycles. The zero-order chi connectivity index (χ0) is 14.6. The minimum absolute atomic E-state index is 0.595. The number of carboxylic acid groups (broad SMARTS) is 1. The predicted octanol–water partition coefficient (Wildman–Crippen LogP) is 2.02. The Morgan fingerprint density at radius 3 is 2.63 bits per heavy atom. The van der Waals surface area contributed by atoms with E-state index in [4.69, 9.17) is 5.11 Å². The van der Waals surface area contributed by atoms with Crippen LogP contribution in [0.25, 0.3) is 0 Å². The average molecular weight is 280 g/mol. The van der Waals surface area contributed by atoms with Crippen molar-refractivity contribution in [3.8, 4) is 5.88 Å². The molecular weight excluding hydrogens is 273 g/mol. The molecule has 0 aliphatic rings. The Morgan fingerprint density at radius 1 is 1.53 bits per heavy atom.